The molecule has 1 aromatic rings. The number of hydrogen-bond acceptors (Lipinski definition) is 1. The molecule has 21 heavy (non-hydrogen) atoms. The second-order valence-corrected chi connectivity index (χ2v) is 5.31. The maximum Gasteiger partial charge on any atom is 0.227 e. The molecule has 1 fully saturated rings. The van der Waals surface area contributed by atoms with Gasteiger partial charge in [0.15, 0.2) is 0 Å². The molecule has 0 aromatic heterocycles. The fourth-order valence-corrected chi connectivity index (χ4v) is 2.40. The standard InChI is InChI=1S/C15H21NO.2C2H6/c1-11-3-7-13(8-4-11)15(17)16-14-9-5-12(2)6-10-14;2*1-2/h5-6,9-11,13H,3-4,7-8H2,1-2H3,(H,16,17);2*1-2H3. The van der Waals surface area contributed by atoms with Gasteiger partial charge in [0.1, 0.15) is 0 Å². The van der Waals surface area contributed by atoms with Gasteiger partial charge in [0.25, 0.3) is 0 Å². The van der Waals surface area contributed by atoms with Crippen LogP contribution in [0.4, 0.5) is 5.69 Å². The van der Waals surface area contributed by atoms with E-state index in [1.165, 1.54) is 18.4 Å². The molecule has 0 bridgehead atoms. The average molecular weight is 291 g/mol. The van der Waals surface area contributed by atoms with Gasteiger partial charge in [0.2, 0.25) is 5.91 Å². The molecule has 2 heteroatoms. The van der Waals surface area contributed by atoms with Crippen molar-refractivity contribution in [3.63, 3.8) is 0 Å². The molecule has 2 rings (SSSR count). The van der Waals surface area contributed by atoms with Crippen molar-refractivity contribution in [2.45, 2.75) is 67.2 Å². The first-order valence-corrected chi connectivity index (χ1v) is 8.52. The minimum absolute atomic E-state index is 0.195. The lowest BCUT2D eigenvalue weighted by Crippen LogP contribution is -2.26. The fourth-order valence-electron chi connectivity index (χ4n) is 2.40. The summed E-state index contributed by atoms with van der Waals surface area (Å²) in [4.78, 5) is 12.0. The van der Waals surface area contributed by atoms with Crippen LogP contribution in [0, 0.1) is 18.8 Å². The van der Waals surface area contributed by atoms with E-state index >= 15 is 0 Å². The van der Waals surface area contributed by atoms with E-state index < -0.39 is 0 Å². The molecule has 1 saturated carbocycles. The molecule has 0 unspecified atom stereocenters. The van der Waals surface area contributed by atoms with Gasteiger partial charge in [-0.1, -0.05) is 52.3 Å². The van der Waals surface area contributed by atoms with E-state index in [0.717, 1.165) is 24.4 Å². The van der Waals surface area contributed by atoms with E-state index in [9.17, 15) is 4.79 Å². The van der Waals surface area contributed by atoms with Crippen LogP contribution in [0.2, 0.25) is 0 Å². The zero-order chi connectivity index (χ0) is 16.3. The van der Waals surface area contributed by atoms with E-state index in [2.05, 4.69) is 12.2 Å². The van der Waals surface area contributed by atoms with Gasteiger partial charge in [-0.15, -0.1) is 0 Å². The first kappa shape index (κ1) is 19.7. The molecule has 1 aliphatic rings. The van der Waals surface area contributed by atoms with Crippen LogP contribution in [-0.4, -0.2) is 5.91 Å². The number of carbonyl (C=O) groups excluding carboxylic acids is 1. The van der Waals surface area contributed by atoms with Crippen molar-refractivity contribution in [1.82, 2.24) is 0 Å². The largest absolute Gasteiger partial charge is 0.326 e. The molecule has 0 spiro atoms. The molecule has 1 aliphatic carbocycles. The molecule has 1 N–H and O–H groups in total. The SMILES string of the molecule is CC.CC.Cc1ccc(NC(=O)C2CCC(C)CC2)cc1. The lowest BCUT2D eigenvalue weighted by Gasteiger charge is -2.25. The number of benzene rings is 1. The summed E-state index contributed by atoms with van der Waals surface area (Å²) in [5.41, 5.74) is 2.13. The molecule has 0 atom stereocenters. The first-order valence-electron chi connectivity index (χ1n) is 8.52. The van der Waals surface area contributed by atoms with Crippen molar-refractivity contribution in [1.29, 1.82) is 0 Å². The highest BCUT2D eigenvalue weighted by molar-refractivity contribution is 5.92. The summed E-state index contributed by atoms with van der Waals surface area (Å²) in [5.74, 6) is 1.20. The summed E-state index contributed by atoms with van der Waals surface area (Å²) in [5, 5.41) is 3.01. The normalized spacial score (nSPS) is 20.3. The van der Waals surface area contributed by atoms with Gasteiger partial charge in [0.05, 0.1) is 0 Å². The van der Waals surface area contributed by atoms with E-state index in [1.807, 2.05) is 58.9 Å². The second-order valence-electron chi connectivity index (χ2n) is 5.31. The summed E-state index contributed by atoms with van der Waals surface area (Å²) in [7, 11) is 0. The predicted octanol–water partition coefficient (Wildman–Crippen LogP) is 5.81. The van der Waals surface area contributed by atoms with Gasteiger partial charge in [0, 0.05) is 11.6 Å². The van der Waals surface area contributed by atoms with Gasteiger partial charge >= 0.3 is 0 Å². The summed E-state index contributed by atoms with van der Waals surface area (Å²) in [6.45, 7) is 12.3. The molecular formula is C19H33NO. The number of amides is 1. The third kappa shape index (κ3) is 7.31. The van der Waals surface area contributed by atoms with Crippen molar-refractivity contribution < 1.29 is 4.79 Å². The Hall–Kier alpha value is -1.31. The lowest BCUT2D eigenvalue weighted by atomic mass is 9.82. The summed E-state index contributed by atoms with van der Waals surface area (Å²) < 4.78 is 0. The highest BCUT2D eigenvalue weighted by atomic mass is 16.1. The van der Waals surface area contributed by atoms with Gasteiger partial charge in [-0.05, 0) is 50.7 Å². The Kier molecular flexibility index (Phi) is 10.7. The molecule has 0 radical (unpaired) electrons. The van der Waals surface area contributed by atoms with Gasteiger partial charge in [-0.25, -0.2) is 0 Å². The molecule has 120 valence electrons. The van der Waals surface area contributed by atoms with E-state index in [-0.39, 0.29) is 11.8 Å². The van der Waals surface area contributed by atoms with Crippen LogP contribution < -0.4 is 5.32 Å². The molecular weight excluding hydrogens is 258 g/mol. The van der Waals surface area contributed by atoms with Crippen LogP contribution in [0.3, 0.4) is 0 Å². The monoisotopic (exact) mass is 291 g/mol. The molecule has 2 nitrogen and oxygen atoms in total. The van der Waals surface area contributed by atoms with Crippen LogP contribution in [0.15, 0.2) is 24.3 Å². The Labute approximate surface area is 131 Å². The van der Waals surface area contributed by atoms with Crippen LogP contribution in [0.5, 0.6) is 0 Å². The number of aryl methyl sites for hydroxylation is 1. The molecule has 0 heterocycles. The Balaban J connectivity index is 0.000000921. The van der Waals surface area contributed by atoms with Gasteiger partial charge in [-0.3, -0.25) is 4.79 Å². The highest BCUT2D eigenvalue weighted by Crippen LogP contribution is 2.29. The maximum atomic E-state index is 12.0. The summed E-state index contributed by atoms with van der Waals surface area (Å²) >= 11 is 0. The summed E-state index contributed by atoms with van der Waals surface area (Å²) in [6, 6.07) is 7.99. The number of nitrogens with one attached hydrogen (secondary N) is 1. The lowest BCUT2D eigenvalue weighted by molar-refractivity contribution is -0.121. The van der Waals surface area contributed by atoms with Gasteiger partial charge in [-0.2, -0.15) is 0 Å². The molecule has 0 aliphatic heterocycles. The minimum atomic E-state index is 0.195. The predicted molar refractivity (Wildman–Crippen MR) is 93.6 cm³/mol. The van der Waals surface area contributed by atoms with Crippen molar-refractivity contribution in [2.75, 3.05) is 5.32 Å². The Morgan fingerprint density at radius 3 is 1.90 bits per heavy atom. The molecule has 0 saturated heterocycles. The van der Waals surface area contributed by atoms with Crippen LogP contribution in [0.1, 0.15) is 65.9 Å². The van der Waals surface area contributed by atoms with Crippen molar-refractivity contribution in [2.24, 2.45) is 11.8 Å². The van der Waals surface area contributed by atoms with E-state index in [0.29, 0.717) is 0 Å². The second kappa shape index (κ2) is 11.4. The first-order chi connectivity index (χ1) is 10.1. The van der Waals surface area contributed by atoms with Crippen LogP contribution in [0.25, 0.3) is 0 Å². The zero-order valence-electron chi connectivity index (χ0n) is 14.7. The van der Waals surface area contributed by atoms with Crippen molar-refractivity contribution in [3.8, 4) is 0 Å². The van der Waals surface area contributed by atoms with Gasteiger partial charge < -0.3 is 5.32 Å². The van der Waals surface area contributed by atoms with Crippen LogP contribution in [-0.2, 0) is 4.79 Å². The third-order valence-electron chi connectivity index (χ3n) is 3.71. The van der Waals surface area contributed by atoms with Crippen molar-refractivity contribution in [3.05, 3.63) is 29.8 Å². The minimum Gasteiger partial charge on any atom is -0.326 e. The smallest absolute Gasteiger partial charge is 0.227 e. The highest BCUT2D eigenvalue weighted by Gasteiger charge is 2.24. The quantitative estimate of drug-likeness (QED) is 0.731. The van der Waals surface area contributed by atoms with E-state index in [4.69, 9.17) is 0 Å². The van der Waals surface area contributed by atoms with E-state index in [1.54, 1.807) is 0 Å². The summed E-state index contributed by atoms with van der Waals surface area (Å²) in [6.07, 6.45) is 4.45. The average Bonchev–Trinajstić information content (AvgIpc) is 2.54. The fraction of sp³-hybridized carbons (Fsp3) is 0.632. The number of carbonyl (C=O) groups is 1. The number of anilines is 1. The number of rotatable bonds is 2. The zero-order valence-corrected chi connectivity index (χ0v) is 14.7. The Morgan fingerprint density at radius 2 is 1.43 bits per heavy atom. The molecule has 1 aromatic carbocycles. The Morgan fingerprint density at radius 1 is 0.952 bits per heavy atom. The van der Waals surface area contributed by atoms with Crippen molar-refractivity contribution >= 4 is 11.6 Å². The van der Waals surface area contributed by atoms with Crippen LogP contribution >= 0.6 is 0 Å². The Bertz CT molecular complexity index is 375. The molecule has 1 amide bonds. The third-order valence-corrected chi connectivity index (χ3v) is 3.71. The topological polar surface area (TPSA) is 29.1 Å². The maximum absolute atomic E-state index is 12.0. The number of hydrogen-bond donors (Lipinski definition) is 1.